The van der Waals surface area contributed by atoms with Crippen molar-refractivity contribution in [2.24, 2.45) is 11.8 Å². The van der Waals surface area contributed by atoms with E-state index >= 15 is 0 Å². The molecule has 624 valence electrons. The van der Waals surface area contributed by atoms with Gasteiger partial charge in [-0.25, -0.2) is 9.13 Å². The van der Waals surface area contributed by atoms with E-state index in [2.05, 4.69) is 41.5 Å². The molecule has 0 radical (unpaired) electrons. The van der Waals surface area contributed by atoms with Gasteiger partial charge in [0.2, 0.25) is 0 Å². The van der Waals surface area contributed by atoms with Crippen LogP contribution in [0.1, 0.15) is 459 Å². The number of ether oxygens (including phenoxy) is 4. The molecule has 17 nitrogen and oxygen atoms in total. The molecule has 0 saturated carbocycles. The predicted octanol–water partition coefficient (Wildman–Crippen LogP) is 26.2. The highest BCUT2D eigenvalue weighted by Gasteiger charge is 2.30. The van der Waals surface area contributed by atoms with Gasteiger partial charge in [0.15, 0.2) is 12.2 Å². The second kappa shape index (κ2) is 77.4. The molecule has 3 N–H and O–H groups in total. The Kier molecular flexibility index (Phi) is 76.0. The third kappa shape index (κ3) is 79.9. The van der Waals surface area contributed by atoms with E-state index in [0.29, 0.717) is 25.7 Å². The normalized spacial score (nSPS) is 13.8. The van der Waals surface area contributed by atoms with E-state index in [1.54, 1.807) is 0 Å². The van der Waals surface area contributed by atoms with E-state index in [1.807, 2.05) is 0 Å². The summed E-state index contributed by atoms with van der Waals surface area (Å²) in [6, 6.07) is 0. The molecule has 0 aliphatic rings. The van der Waals surface area contributed by atoms with Gasteiger partial charge < -0.3 is 33.8 Å². The molecule has 0 aliphatic carbocycles. The number of esters is 4. The van der Waals surface area contributed by atoms with E-state index < -0.39 is 97.5 Å². The zero-order valence-corrected chi connectivity index (χ0v) is 70.8. The van der Waals surface area contributed by atoms with Crippen molar-refractivity contribution in [3.63, 3.8) is 0 Å². The van der Waals surface area contributed by atoms with Gasteiger partial charge in [-0.05, 0) is 37.5 Å². The Bertz CT molecular complexity index is 2010. The first-order valence-electron chi connectivity index (χ1n) is 44.5. The van der Waals surface area contributed by atoms with Crippen LogP contribution in [0.25, 0.3) is 0 Å². The van der Waals surface area contributed by atoms with Gasteiger partial charge in [-0.2, -0.15) is 0 Å². The maximum atomic E-state index is 13.1. The van der Waals surface area contributed by atoms with Crippen LogP contribution in [0.15, 0.2) is 0 Å². The highest BCUT2D eigenvalue weighted by molar-refractivity contribution is 7.47. The highest BCUT2D eigenvalue weighted by Crippen LogP contribution is 2.45. The number of aliphatic hydroxyl groups is 1. The van der Waals surface area contributed by atoms with Gasteiger partial charge in [0.1, 0.15) is 19.3 Å². The van der Waals surface area contributed by atoms with Crippen LogP contribution in [-0.2, 0) is 65.4 Å². The Balaban J connectivity index is 5.22. The minimum Gasteiger partial charge on any atom is -0.462 e. The van der Waals surface area contributed by atoms with Crippen LogP contribution < -0.4 is 0 Å². The first-order chi connectivity index (χ1) is 50.9. The molecule has 0 fully saturated rings. The van der Waals surface area contributed by atoms with Crippen molar-refractivity contribution in [3.05, 3.63) is 0 Å². The third-order valence-corrected chi connectivity index (χ3v) is 22.1. The van der Waals surface area contributed by atoms with Crippen molar-refractivity contribution in [3.8, 4) is 0 Å². The van der Waals surface area contributed by atoms with Crippen molar-refractivity contribution in [1.82, 2.24) is 0 Å². The van der Waals surface area contributed by atoms with Crippen LogP contribution in [0, 0.1) is 11.8 Å². The fourth-order valence-electron chi connectivity index (χ4n) is 13.4. The summed E-state index contributed by atoms with van der Waals surface area (Å²) in [6.07, 6.45) is 69.7. The first kappa shape index (κ1) is 103. The largest absolute Gasteiger partial charge is 0.472 e. The number of phosphoric ester groups is 2. The van der Waals surface area contributed by atoms with E-state index in [4.69, 9.17) is 37.0 Å². The molecular weight excluding hydrogens is 1370 g/mol. The molecule has 0 heterocycles. The molecule has 0 aliphatic heterocycles. The monoisotopic (exact) mass is 1540 g/mol. The maximum Gasteiger partial charge on any atom is 0.472 e. The Morgan fingerprint density at radius 1 is 0.257 bits per heavy atom. The lowest BCUT2D eigenvalue weighted by molar-refractivity contribution is -0.161. The van der Waals surface area contributed by atoms with Gasteiger partial charge in [-0.15, -0.1) is 0 Å². The molecule has 0 aromatic carbocycles. The lowest BCUT2D eigenvalue weighted by Gasteiger charge is -2.21. The van der Waals surface area contributed by atoms with Gasteiger partial charge >= 0.3 is 39.5 Å². The van der Waals surface area contributed by atoms with Gasteiger partial charge in [0, 0.05) is 25.7 Å². The fourth-order valence-corrected chi connectivity index (χ4v) is 15.0. The minimum absolute atomic E-state index is 0.105. The van der Waals surface area contributed by atoms with Gasteiger partial charge in [0.05, 0.1) is 26.4 Å². The summed E-state index contributed by atoms with van der Waals surface area (Å²) >= 11 is 0. The van der Waals surface area contributed by atoms with Crippen LogP contribution in [0.2, 0.25) is 0 Å². The molecular formula is C86H168O17P2. The standard InChI is InChI=1S/C86H168O17P2/c1-7-9-11-13-15-17-19-21-23-25-27-28-29-31-33-35-37-39-45-52-58-64-70-85(90)102-81(74-96-83(88)68-62-56-50-44-38-36-34-32-30-26-24-22-20-18-16-14-12-10-8-2)76-100-104(92,93)98-72-80(87)73-99-105(94,95)101-77-82(103-86(91)71-65-59-53-47-41-43-49-55-61-67-79(5)6)75-97-84(89)69-63-57-51-46-40-42-48-54-60-66-78(3)4/h78-82,87H,7-77H2,1-6H3,(H,92,93)(H,94,95)/t80-,81-,82-/m1/s1. The topological polar surface area (TPSA) is 237 Å². The van der Waals surface area contributed by atoms with Gasteiger partial charge in [-0.3, -0.25) is 37.3 Å². The fraction of sp³-hybridized carbons (Fsp3) is 0.953. The lowest BCUT2D eigenvalue weighted by Crippen LogP contribution is -2.30. The quantitative estimate of drug-likeness (QED) is 0.0222. The molecule has 19 heteroatoms. The summed E-state index contributed by atoms with van der Waals surface area (Å²) in [6.45, 7) is 9.62. The zero-order valence-electron chi connectivity index (χ0n) is 69.0. The Labute approximate surface area is 645 Å². The second-order valence-electron chi connectivity index (χ2n) is 31.9. The van der Waals surface area contributed by atoms with Crippen molar-refractivity contribution in [2.75, 3.05) is 39.6 Å². The van der Waals surface area contributed by atoms with E-state index in [-0.39, 0.29) is 25.7 Å². The number of hydrogen-bond acceptors (Lipinski definition) is 15. The number of rotatable bonds is 85. The molecule has 0 saturated heterocycles. The SMILES string of the molecule is CCCCCCCCCCCCCCCCCCCCCCCCC(=O)O[C@H](COC(=O)CCCCCCCCCCCCCCCCCCCCC)COP(=O)(O)OC[C@@H](O)COP(=O)(O)OC[C@@H](COC(=O)CCCCCCCCCCCC(C)C)OC(=O)CCCCCCCCCCCC(C)C. The first-order valence-corrected chi connectivity index (χ1v) is 47.5. The molecule has 105 heavy (non-hydrogen) atoms. The number of carbonyl (C=O) groups is 4. The van der Waals surface area contributed by atoms with E-state index in [1.165, 1.54) is 276 Å². The van der Waals surface area contributed by atoms with Crippen LogP contribution >= 0.6 is 15.6 Å². The summed E-state index contributed by atoms with van der Waals surface area (Å²) in [4.78, 5) is 73.2. The van der Waals surface area contributed by atoms with Gasteiger partial charge in [-0.1, -0.05) is 408 Å². The Hall–Kier alpha value is -1.94. The molecule has 0 amide bonds. The summed E-state index contributed by atoms with van der Waals surface area (Å²) in [5.74, 6) is -0.625. The second-order valence-corrected chi connectivity index (χ2v) is 34.8. The Morgan fingerprint density at radius 2 is 0.438 bits per heavy atom. The Morgan fingerprint density at radius 3 is 0.648 bits per heavy atom. The average Bonchev–Trinajstić information content (AvgIpc) is 0.923. The summed E-state index contributed by atoms with van der Waals surface area (Å²) in [5.41, 5.74) is 0. The van der Waals surface area contributed by atoms with Crippen LogP contribution in [-0.4, -0.2) is 96.7 Å². The third-order valence-electron chi connectivity index (χ3n) is 20.2. The van der Waals surface area contributed by atoms with Crippen molar-refractivity contribution in [2.45, 2.75) is 477 Å². The number of carbonyl (C=O) groups excluding carboxylic acids is 4. The van der Waals surface area contributed by atoms with Crippen molar-refractivity contribution >= 4 is 39.5 Å². The van der Waals surface area contributed by atoms with Crippen molar-refractivity contribution in [1.29, 1.82) is 0 Å². The van der Waals surface area contributed by atoms with Gasteiger partial charge in [0.25, 0.3) is 0 Å². The van der Waals surface area contributed by atoms with Crippen LogP contribution in [0.4, 0.5) is 0 Å². The predicted molar refractivity (Wildman–Crippen MR) is 432 cm³/mol. The lowest BCUT2D eigenvalue weighted by atomic mass is 10.0. The summed E-state index contributed by atoms with van der Waals surface area (Å²) < 4.78 is 68.9. The smallest absolute Gasteiger partial charge is 0.462 e. The number of phosphoric acid groups is 2. The zero-order chi connectivity index (χ0) is 77.1. The van der Waals surface area contributed by atoms with E-state index in [0.717, 1.165) is 102 Å². The highest BCUT2D eigenvalue weighted by atomic mass is 31.2. The van der Waals surface area contributed by atoms with Crippen LogP contribution in [0.3, 0.4) is 0 Å². The molecule has 2 unspecified atom stereocenters. The molecule has 0 bridgehead atoms. The average molecular weight is 1540 g/mol. The van der Waals surface area contributed by atoms with Crippen molar-refractivity contribution < 1.29 is 80.2 Å². The molecule has 0 aromatic heterocycles. The number of aliphatic hydroxyl groups excluding tert-OH is 1. The molecule has 0 aromatic rings. The van der Waals surface area contributed by atoms with E-state index in [9.17, 15) is 43.2 Å². The minimum atomic E-state index is -4.97. The number of unbranched alkanes of at least 4 members (excludes halogenated alkanes) is 55. The molecule has 5 atom stereocenters. The maximum absolute atomic E-state index is 13.1. The van der Waals surface area contributed by atoms with Crippen LogP contribution in [0.5, 0.6) is 0 Å². The number of hydrogen-bond donors (Lipinski definition) is 3. The molecule has 0 spiro atoms. The summed E-state index contributed by atoms with van der Waals surface area (Å²) in [5, 5.41) is 10.7. The molecule has 0 rings (SSSR count). The summed E-state index contributed by atoms with van der Waals surface area (Å²) in [7, 11) is -9.93.